The van der Waals surface area contributed by atoms with Crippen molar-refractivity contribution in [3.63, 3.8) is 0 Å². The van der Waals surface area contributed by atoms with Gasteiger partial charge in [0.2, 0.25) is 5.88 Å². The molecule has 0 aliphatic heterocycles. The Morgan fingerprint density at radius 3 is 2.39 bits per heavy atom. The van der Waals surface area contributed by atoms with Crippen molar-refractivity contribution in [2.75, 3.05) is 0 Å². The number of ether oxygens (including phenoxy) is 1. The highest BCUT2D eigenvalue weighted by atomic mass is 19.4. The fourth-order valence-corrected chi connectivity index (χ4v) is 3.25. The molecule has 2 aromatic heterocycles. The van der Waals surface area contributed by atoms with Gasteiger partial charge in [-0.1, -0.05) is 30.3 Å². The third kappa shape index (κ3) is 4.45. The molecule has 0 saturated carbocycles. The van der Waals surface area contributed by atoms with Crippen LogP contribution < -0.4 is 10.4 Å². The van der Waals surface area contributed by atoms with Crippen molar-refractivity contribution in [1.82, 2.24) is 14.1 Å². The Balaban J connectivity index is 1.66. The monoisotopic (exact) mass is 427 g/mol. The van der Waals surface area contributed by atoms with Crippen molar-refractivity contribution in [2.24, 2.45) is 0 Å². The van der Waals surface area contributed by atoms with Crippen LogP contribution >= 0.6 is 0 Å². The molecule has 6 nitrogen and oxygen atoms in total. The summed E-state index contributed by atoms with van der Waals surface area (Å²) < 4.78 is 43.1. The van der Waals surface area contributed by atoms with Crippen molar-refractivity contribution in [1.29, 1.82) is 0 Å². The molecule has 158 valence electrons. The summed E-state index contributed by atoms with van der Waals surface area (Å²) in [6, 6.07) is 16.0. The lowest BCUT2D eigenvalue weighted by molar-refractivity contribution is -0.274. The summed E-state index contributed by atoms with van der Waals surface area (Å²) in [5.74, 6) is -0.766. The first-order valence-electron chi connectivity index (χ1n) is 9.17. The van der Waals surface area contributed by atoms with Crippen LogP contribution in [0, 0.1) is 0 Å². The molecule has 2 heterocycles. The Bertz CT molecular complexity index is 1250. The number of benzene rings is 2. The topological polar surface area (TPSA) is 69.3 Å². The normalized spacial score (nSPS) is 11.5. The van der Waals surface area contributed by atoms with Gasteiger partial charge >= 0.3 is 12.1 Å². The summed E-state index contributed by atoms with van der Waals surface area (Å²) in [6.07, 6.45) is -0.225. The smallest absolute Gasteiger partial charge is 0.493 e. The van der Waals surface area contributed by atoms with Gasteiger partial charge in [0, 0.05) is 18.0 Å². The van der Waals surface area contributed by atoms with E-state index < -0.39 is 17.8 Å². The molecule has 0 aliphatic carbocycles. The van der Waals surface area contributed by atoms with Crippen LogP contribution in [0.4, 0.5) is 13.2 Å². The molecular weight excluding hydrogens is 411 g/mol. The highest BCUT2D eigenvalue weighted by Crippen LogP contribution is 2.26. The average molecular weight is 427 g/mol. The van der Waals surface area contributed by atoms with Gasteiger partial charge < -0.3 is 9.84 Å². The van der Waals surface area contributed by atoms with Gasteiger partial charge in [-0.2, -0.15) is 0 Å². The first-order chi connectivity index (χ1) is 14.8. The van der Waals surface area contributed by atoms with Crippen LogP contribution in [0.3, 0.4) is 0 Å². The number of halogens is 3. The molecule has 0 bridgehead atoms. The van der Waals surface area contributed by atoms with E-state index in [4.69, 9.17) is 0 Å². The molecule has 0 saturated heterocycles. The van der Waals surface area contributed by atoms with Gasteiger partial charge in [0.1, 0.15) is 5.75 Å². The van der Waals surface area contributed by atoms with Gasteiger partial charge in [0.05, 0.1) is 18.4 Å². The van der Waals surface area contributed by atoms with Crippen LogP contribution in [0.2, 0.25) is 0 Å². The number of hydrogen-bond donors (Lipinski definition) is 1. The van der Waals surface area contributed by atoms with E-state index in [-0.39, 0.29) is 18.1 Å². The van der Waals surface area contributed by atoms with E-state index in [0.29, 0.717) is 0 Å². The molecule has 4 rings (SSSR count). The van der Waals surface area contributed by atoms with E-state index in [1.54, 1.807) is 18.5 Å². The number of rotatable bonds is 5. The van der Waals surface area contributed by atoms with E-state index in [1.807, 2.05) is 30.3 Å². The fourth-order valence-electron chi connectivity index (χ4n) is 3.25. The zero-order chi connectivity index (χ0) is 22.0. The summed E-state index contributed by atoms with van der Waals surface area (Å²) in [7, 11) is 0. The van der Waals surface area contributed by atoms with E-state index >= 15 is 0 Å². The number of imidazole rings is 1. The maximum Gasteiger partial charge on any atom is 0.573 e. The minimum Gasteiger partial charge on any atom is -0.493 e. The number of hydrogen-bond acceptors (Lipinski definition) is 4. The maximum atomic E-state index is 12.9. The molecule has 31 heavy (non-hydrogen) atoms. The summed E-state index contributed by atoms with van der Waals surface area (Å²) in [4.78, 5) is 17.1. The molecule has 9 heteroatoms. The predicted molar refractivity (Wildman–Crippen MR) is 107 cm³/mol. The van der Waals surface area contributed by atoms with Crippen molar-refractivity contribution in [3.8, 4) is 28.4 Å². The van der Waals surface area contributed by atoms with Gasteiger partial charge in [0.15, 0.2) is 0 Å². The zero-order valence-electron chi connectivity index (χ0n) is 16.0. The second-order valence-corrected chi connectivity index (χ2v) is 6.67. The first kappa shape index (κ1) is 20.3. The molecule has 0 amide bonds. The predicted octanol–water partition coefficient (Wildman–Crippen LogP) is 4.35. The van der Waals surface area contributed by atoms with Crippen LogP contribution in [0.1, 0.15) is 5.56 Å². The van der Waals surface area contributed by atoms with Gasteiger partial charge in [-0.15, -0.1) is 13.2 Å². The van der Waals surface area contributed by atoms with Gasteiger partial charge in [-0.05, 0) is 41.5 Å². The quantitative estimate of drug-likeness (QED) is 0.514. The summed E-state index contributed by atoms with van der Waals surface area (Å²) in [5.41, 5.74) is 2.25. The van der Waals surface area contributed by atoms with Crippen LogP contribution in [0.15, 0.2) is 84.0 Å². The second kappa shape index (κ2) is 8.02. The highest BCUT2D eigenvalue weighted by molar-refractivity contribution is 5.66. The Kier molecular flexibility index (Phi) is 5.24. The van der Waals surface area contributed by atoms with Gasteiger partial charge in [-0.25, -0.2) is 9.36 Å². The lowest BCUT2D eigenvalue weighted by Gasteiger charge is -2.10. The van der Waals surface area contributed by atoms with Crippen LogP contribution in [0.5, 0.6) is 11.6 Å². The number of alkyl halides is 3. The Hall–Kier alpha value is -4.01. The number of nitrogens with zero attached hydrogens (tertiary/aromatic N) is 3. The standard InChI is InChI=1S/C22H16F3N3O3/c23-22(24,25)31-18-8-6-17(7-9-18)28-20(29)14-27(21(28)30)13-16-10-11-26-12-19(16)15-4-2-1-3-5-15/h1-12,14,29H,13H2. The highest BCUT2D eigenvalue weighted by Gasteiger charge is 2.31. The summed E-state index contributed by atoms with van der Waals surface area (Å²) in [5, 5.41) is 10.3. The summed E-state index contributed by atoms with van der Waals surface area (Å²) >= 11 is 0. The molecule has 0 radical (unpaired) electrons. The average Bonchev–Trinajstić information content (AvgIpc) is 3.02. The van der Waals surface area contributed by atoms with Crippen molar-refractivity contribution in [3.05, 3.63) is 95.3 Å². The van der Waals surface area contributed by atoms with Crippen molar-refractivity contribution < 1.29 is 23.0 Å². The third-order valence-corrected chi connectivity index (χ3v) is 4.60. The molecule has 1 N–H and O–H groups in total. The zero-order valence-corrected chi connectivity index (χ0v) is 16.0. The Labute approximate surface area is 174 Å². The second-order valence-electron chi connectivity index (χ2n) is 6.67. The van der Waals surface area contributed by atoms with E-state index in [2.05, 4.69) is 9.72 Å². The van der Waals surface area contributed by atoms with Crippen molar-refractivity contribution >= 4 is 0 Å². The van der Waals surface area contributed by atoms with E-state index in [1.165, 1.54) is 22.9 Å². The van der Waals surface area contributed by atoms with Gasteiger partial charge in [-0.3, -0.25) is 9.55 Å². The van der Waals surface area contributed by atoms with Crippen LogP contribution in [-0.4, -0.2) is 25.6 Å². The van der Waals surface area contributed by atoms with E-state index in [9.17, 15) is 23.1 Å². The molecule has 4 aromatic rings. The minimum absolute atomic E-state index is 0.168. The number of pyridine rings is 1. The molecule has 2 aromatic carbocycles. The first-order valence-corrected chi connectivity index (χ1v) is 9.17. The SMILES string of the molecule is O=c1n(Cc2ccncc2-c2ccccc2)cc(O)n1-c1ccc(OC(F)(F)F)cc1. The number of aromatic nitrogens is 3. The van der Waals surface area contributed by atoms with Crippen molar-refractivity contribution in [2.45, 2.75) is 12.9 Å². The molecule has 0 atom stereocenters. The van der Waals surface area contributed by atoms with Crippen LogP contribution in [-0.2, 0) is 6.54 Å². The van der Waals surface area contributed by atoms with Crippen LogP contribution in [0.25, 0.3) is 16.8 Å². The minimum atomic E-state index is -4.81. The molecular formula is C22H16F3N3O3. The molecule has 0 fully saturated rings. The van der Waals surface area contributed by atoms with E-state index in [0.717, 1.165) is 33.4 Å². The maximum absolute atomic E-state index is 12.9. The Morgan fingerprint density at radius 2 is 1.71 bits per heavy atom. The lowest BCUT2D eigenvalue weighted by atomic mass is 10.0. The largest absolute Gasteiger partial charge is 0.573 e. The van der Waals surface area contributed by atoms with Gasteiger partial charge in [0.25, 0.3) is 0 Å². The lowest BCUT2D eigenvalue weighted by Crippen LogP contribution is -2.23. The fraction of sp³-hybridized carbons (Fsp3) is 0.0909. The summed E-state index contributed by atoms with van der Waals surface area (Å²) in [6.45, 7) is 0.168. The Morgan fingerprint density at radius 1 is 1.00 bits per heavy atom. The molecule has 0 aliphatic rings. The third-order valence-electron chi connectivity index (χ3n) is 4.60. The molecule has 0 unspecified atom stereocenters. The number of aromatic hydroxyl groups is 1. The molecule has 0 spiro atoms.